The van der Waals surface area contributed by atoms with E-state index >= 15 is 0 Å². The topological polar surface area (TPSA) is 67.6 Å². The summed E-state index contributed by atoms with van der Waals surface area (Å²) in [7, 11) is 0. The van der Waals surface area contributed by atoms with Crippen molar-refractivity contribution in [2.75, 3.05) is 0 Å². The Morgan fingerprint density at radius 3 is 2.83 bits per heavy atom. The van der Waals surface area contributed by atoms with Crippen LogP contribution in [0.4, 0.5) is 9.18 Å². The van der Waals surface area contributed by atoms with Gasteiger partial charge in [-0.15, -0.1) is 0 Å². The first-order valence-electron chi connectivity index (χ1n) is 8.29. The van der Waals surface area contributed by atoms with E-state index < -0.39 is 23.6 Å². The summed E-state index contributed by atoms with van der Waals surface area (Å²) in [5.74, 6) is -0.479. The minimum Gasteiger partial charge on any atom is -0.444 e. The number of aliphatic hydroxyl groups is 1. The lowest BCUT2D eigenvalue weighted by atomic mass is 9.99. The van der Waals surface area contributed by atoms with Crippen molar-refractivity contribution in [3.63, 3.8) is 0 Å². The summed E-state index contributed by atoms with van der Waals surface area (Å²) < 4.78 is 21.6. The highest BCUT2D eigenvalue weighted by atomic mass is 19.1. The summed E-state index contributed by atoms with van der Waals surface area (Å²) in [5, 5.41) is 14.2. The van der Waals surface area contributed by atoms with Gasteiger partial charge in [-0.05, 0) is 40.2 Å². The fraction of sp³-hybridized carbons (Fsp3) is 0.647. The SMILES string of the molecule is CC1Cc2nn3c(c2CN1C(=O)OC(C)(C)C)C(F)=CC(O)CC3. The Morgan fingerprint density at radius 1 is 1.46 bits per heavy atom. The van der Waals surface area contributed by atoms with E-state index in [2.05, 4.69) is 5.10 Å². The number of aromatic nitrogens is 2. The first-order valence-corrected chi connectivity index (χ1v) is 8.29. The molecule has 1 aromatic heterocycles. The Balaban J connectivity index is 1.93. The van der Waals surface area contributed by atoms with Crippen LogP contribution in [0, 0.1) is 0 Å². The number of carbonyl (C=O) groups is 1. The fourth-order valence-electron chi connectivity index (χ4n) is 3.17. The molecule has 24 heavy (non-hydrogen) atoms. The molecule has 0 fully saturated rings. The van der Waals surface area contributed by atoms with Crippen molar-refractivity contribution in [1.29, 1.82) is 0 Å². The molecule has 3 heterocycles. The third-order valence-corrected chi connectivity index (χ3v) is 4.31. The third kappa shape index (κ3) is 3.17. The van der Waals surface area contributed by atoms with Gasteiger partial charge in [0, 0.05) is 24.6 Å². The molecule has 2 aliphatic heterocycles. The van der Waals surface area contributed by atoms with E-state index in [1.807, 2.05) is 27.7 Å². The van der Waals surface area contributed by atoms with Crippen molar-refractivity contribution >= 4 is 11.9 Å². The van der Waals surface area contributed by atoms with Gasteiger partial charge >= 0.3 is 6.09 Å². The number of carbonyl (C=O) groups excluding carboxylic acids is 1. The molecule has 2 aliphatic rings. The molecule has 6 nitrogen and oxygen atoms in total. The van der Waals surface area contributed by atoms with Crippen LogP contribution in [-0.2, 0) is 24.2 Å². The Kier molecular flexibility index (Phi) is 4.15. The van der Waals surface area contributed by atoms with Gasteiger partial charge in [-0.3, -0.25) is 4.68 Å². The summed E-state index contributed by atoms with van der Waals surface area (Å²) in [6.45, 7) is 8.11. The lowest BCUT2D eigenvalue weighted by Gasteiger charge is -2.34. The number of aryl methyl sites for hydroxylation is 1. The van der Waals surface area contributed by atoms with Gasteiger partial charge in [-0.1, -0.05) is 0 Å². The molecule has 0 radical (unpaired) electrons. The maximum Gasteiger partial charge on any atom is 0.410 e. The molecule has 2 unspecified atom stereocenters. The molecule has 0 aromatic carbocycles. The summed E-state index contributed by atoms with van der Waals surface area (Å²) in [6.07, 6.45) is 0.985. The summed E-state index contributed by atoms with van der Waals surface area (Å²) >= 11 is 0. The number of hydrogen-bond acceptors (Lipinski definition) is 4. The molecule has 7 heteroatoms. The molecular formula is C17H24FN3O3. The van der Waals surface area contributed by atoms with Crippen LogP contribution in [0.15, 0.2) is 6.08 Å². The summed E-state index contributed by atoms with van der Waals surface area (Å²) in [4.78, 5) is 14.1. The van der Waals surface area contributed by atoms with Crippen molar-refractivity contribution in [1.82, 2.24) is 14.7 Å². The van der Waals surface area contributed by atoms with Gasteiger partial charge in [0.2, 0.25) is 0 Å². The third-order valence-electron chi connectivity index (χ3n) is 4.31. The van der Waals surface area contributed by atoms with Gasteiger partial charge < -0.3 is 14.7 Å². The van der Waals surface area contributed by atoms with Crippen LogP contribution in [0.5, 0.6) is 0 Å². The Bertz CT molecular complexity index is 690. The van der Waals surface area contributed by atoms with Gasteiger partial charge in [0.15, 0.2) is 0 Å². The summed E-state index contributed by atoms with van der Waals surface area (Å²) in [5.41, 5.74) is 1.32. The van der Waals surface area contributed by atoms with Crippen LogP contribution < -0.4 is 0 Å². The number of aliphatic hydroxyl groups excluding tert-OH is 1. The molecule has 2 atom stereocenters. The van der Waals surface area contributed by atoms with Crippen molar-refractivity contribution in [2.45, 2.75) is 71.4 Å². The van der Waals surface area contributed by atoms with Crippen molar-refractivity contribution < 1.29 is 19.0 Å². The van der Waals surface area contributed by atoms with E-state index in [0.717, 1.165) is 5.69 Å². The average Bonchev–Trinajstić information content (AvgIpc) is 2.72. The molecule has 1 N–H and O–H groups in total. The van der Waals surface area contributed by atoms with Crippen LogP contribution in [0.1, 0.15) is 51.1 Å². The zero-order chi connectivity index (χ0) is 17.6. The number of rotatable bonds is 0. The van der Waals surface area contributed by atoms with Crippen molar-refractivity contribution in [3.05, 3.63) is 23.0 Å². The van der Waals surface area contributed by atoms with Crippen LogP contribution >= 0.6 is 0 Å². The highest BCUT2D eigenvalue weighted by molar-refractivity contribution is 5.70. The average molecular weight is 337 g/mol. The molecule has 1 amide bonds. The van der Waals surface area contributed by atoms with Crippen LogP contribution in [0.25, 0.3) is 5.83 Å². The molecule has 132 valence electrons. The molecule has 0 saturated heterocycles. The lowest BCUT2D eigenvalue weighted by molar-refractivity contribution is 0.0137. The smallest absolute Gasteiger partial charge is 0.410 e. The van der Waals surface area contributed by atoms with E-state index in [1.54, 1.807) is 9.58 Å². The molecule has 3 rings (SSSR count). The van der Waals surface area contributed by atoms with Crippen LogP contribution in [0.2, 0.25) is 0 Å². The minimum atomic E-state index is -0.813. The fourth-order valence-corrected chi connectivity index (χ4v) is 3.17. The number of amides is 1. The zero-order valence-corrected chi connectivity index (χ0v) is 14.5. The van der Waals surface area contributed by atoms with E-state index in [0.29, 0.717) is 30.6 Å². The Hall–Kier alpha value is -1.89. The first kappa shape index (κ1) is 17.0. The predicted molar refractivity (Wildman–Crippen MR) is 86.9 cm³/mol. The predicted octanol–water partition coefficient (Wildman–Crippen LogP) is 2.64. The molecule has 0 aliphatic carbocycles. The monoisotopic (exact) mass is 337 g/mol. The number of nitrogens with zero attached hydrogens (tertiary/aromatic N) is 3. The van der Waals surface area contributed by atoms with Crippen LogP contribution in [-0.4, -0.2) is 43.6 Å². The summed E-state index contributed by atoms with van der Waals surface area (Å²) in [6, 6.07) is -0.0656. The lowest BCUT2D eigenvalue weighted by Crippen LogP contribution is -2.45. The van der Waals surface area contributed by atoms with E-state index in [1.165, 1.54) is 6.08 Å². The second-order valence-corrected chi connectivity index (χ2v) is 7.53. The second kappa shape index (κ2) is 5.88. The molecule has 0 bridgehead atoms. The van der Waals surface area contributed by atoms with Gasteiger partial charge in [0.05, 0.1) is 18.3 Å². The van der Waals surface area contributed by atoms with Gasteiger partial charge in [-0.25, -0.2) is 9.18 Å². The van der Waals surface area contributed by atoms with E-state index in [4.69, 9.17) is 4.74 Å². The van der Waals surface area contributed by atoms with E-state index in [9.17, 15) is 14.3 Å². The molecule has 0 saturated carbocycles. The maximum absolute atomic E-state index is 14.5. The highest BCUT2D eigenvalue weighted by Gasteiger charge is 2.35. The van der Waals surface area contributed by atoms with Crippen molar-refractivity contribution in [3.8, 4) is 0 Å². The van der Waals surface area contributed by atoms with Crippen LogP contribution in [0.3, 0.4) is 0 Å². The second-order valence-electron chi connectivity index (χ2n) is 7.53. The largest absolute Gasteiger partial charge is 0.444 e. The van der Waals surface area contributed by atoms with Gasteiger partial charge in [0.25, 0.3) is 0 Å². The molecule has 1 aromatic rings. The van der Waals surface area contributed by atoms with E-state index in [-0.39, 0.29) is 12.6 Å². The number of halogens is 1. The van der Waals surface area contributed by atoms with Gasteiger partial charge in [-0.2, -0.15) is 5.10 Å². The maximum atomic E-state index is 14.5. The standard InChI is InChI=1S/C17H24FN3O3/c1-10-7-14-12(9-20(10)16(23)24-17(2,3)4)15-13(18)8-11(22)5-6-21(15)19-14/h8,10-11,22H,5-7,9H2,1-4H3. The quantitative estimate of drug-likeness (QED) is 0.790. The number of fused-ring (bicyclic) bond motifs is 3. The first-order chi connectivity index (χ1) is 11.2. The van der Waals surface area contributed by atoms with Gasteiger partial charge in [0.1, 0.15) is 17.1 Å². The minimum absolute atomic E-state index is 0.0656. The Labute approximate surface area is 140 Å². The highest BCUT2D eigenvalue weighted by Crippen LogP contribution is 2.33. The molecule has 0 spiro atoms. The Morgan fingerprint density at radius 2 is 2.17 bits per heavy atom. The number of ether oxygens (including phenoxy) is 1. The number of hydrogen-bond donors (Lipinski definition) is 1. The molecular weight excluding hydrogens is 313 g/mol. The normalized spacial score (nSPS) is 23.9. The zero-order valence-electron chi connectivity index (χ0n) is 14.5. The van der Waals surface area contributed by atoms with Crippen molar-refractivity contribution in [2.24, 2.45) is 0 Å².